The Morgan fingerprint density at radius 3 is 3.36 bits per heavy atom. The van der Waals surface area contributed by atoms with Crippen LogP contribution in [0.3, 0.4) is 0 Å². The van der Waals surface area contributed by atoms with Gasteiger partial charge >= 0.3 is 0 Å². The Kier molecular flexibility index (Phi) is 1.66. The van der Waals surface area contributed by atoms with Gasteiger partial charge in [-0.1, -0.05) is 0 Å². The van der Waals surface area contributed by atoms with E-state index in [1.165, 1.54) is 17.1 Å². The van der Waals surface area contributed by atoms with Crippen molar-refractivity contribution in [2.24, 2.45) is 4.99 Å². The van der Waals surface area contributed by atoms with Crippen LogP contribution in [0.15, 0.2) is 16.4 Å². The summed E-state index contributed by atoms with van der Waals surface area (Å²) in [7, 11) is 0. The molecule has 2 aliphatic rings. The molecule has 0 aromatic heterocycles. The van der Waals surface area contributed by atoms with Gasteiger partial charge in [-0.15, -0.1) is 0 Å². The van der Waals surface area contributed by atoms with E-state index in [1.54, 1.807) is 0 Å². The molecule has 0 bridgehead atoms. The Morgan fingerprint density at radius 2 is 2.45 bits per heavy atom. The van der Waals surface area contributed by atoms with Crippen LogP contribution >= 0.6 is 0 Å². The molecule has 11 heavy (non-hydrogen) atoms. The molecule has 60 valence electrons. The fourth-order valence-corrected chi connectivity index (χ4v) is 1.36. The van der Waals surface area contributed by atoms with Crippen molar-refractivity contribution in [2.45, 2.75) is 13.3 Å². The molecule has 0 saturated carbocycles. The average Bonchev–Trinajstić information content (AvgIpc) is 2.04. The van der Waals surface area contributed by atoms with Gasteiger partial charge in [-0.05, 0) is 6.92 Å². The lowest BCUT2D eigenvalue weighted by atomic mass is 10.2. The number of hydrogen-bond donors (Lipinski definition) is 1. The van der Waals surface area contributed by atoms with Crippen molar-refractivity contribution in [3.8, 4) is 0 Å². The van der Waals surface area contributed by atoms with Crippen molar-refractivity contribution >= 4 is 5.71 Å². The first-order valence-electron chi connectivity index (χ1n) is 3.94. The van der Waals surface area contributed by atoms with Gasteiger partial charge in [-0.3, -0.25) is 4.99 Å². The summed E-state index contributed by atoms with van der Waals surface area (Å²) in [6.45, 7) is 4.46. The molecule has 0 aliphatic carbocycles. The van der Waals surface area contributed by atoms with Gasteiger partial charge in [0.05, 0.1) is 31.2 Å². The molecule has 0 atom stereocenters. The first kappa shape index (κ1) is 6.85. The quantitative estimate of drug-likeness (QED) is 0.554. The molecule has 0 aromatic carbocycles. The molecule has 0 unspecified atom stereocenters. The lowest BCUT2D eigenvalue weighted by molar-refractivity contribution is 0.140. The van der Waals surface area contributed by atoms with Gasteiger partial charge in [0.15, 0.2) is 0 Å². The van der Waals surface area contributed by atoms with Crippen molar-refractivity contribution in [3.05, 3.63) is 11.4 Å². The van der Waals surface area contributed by atoms with Gasteiger partial charge in [-0.25, -0.2) is 0 Å². The monoisotopic (exact) mass is 152 g/mol. The van der Waals surface area contributed by atoms with Crippen LogP contribution < -0.4 is 5.32 Å². The molecule has 0 saturated heterocycles. The number of ether oxygens (including phenoxy) is 1. The van der Waals surface area contributed by atoms with Crippen molar-refractivity contribution < 1.29 is 4.74 Å². The summed E-state index contributed by atoms with van der Waals surface area (Å²) in [5.41, 5.74) is 3.55. The topological polar surface area (TPSA) is 33.6 Å². The number of nitrogens with zero attached hydrogens (tertiary/aromatic N) is 1. The van der Waals surface area contributed by atoms with E-state index in [-0.39, 0.29) is 0 Å². The van der Waals surface area contributed by atoms with E-state index in [1.807, 2.05) is 6.92 Å². The summed E-state index contributed by atoms with van der Waals surface area (Å²) in [6, 6.07) is 0. The molecule has 2 aliphatic heterocycles. The highest BCUT2D eigenvalue weighted by molar-refractivity contribution is 5.86. The second kappa shape index (κ2) is 2.66. The molecule has 3 heteroatoms. The molecule has 1 N–H and O–H groups in total. The van der Waals surface area contributed by atoms with Gasteiger partial charge in [0, 0.05) is 12.1 Å². The summed E-state index contributed by atoms with van der Waals surface area (Å²) in [5, 5.41) is 3.29. The van der Waals surface area contributed by atoms with Crippen molar-refractivity contribution in [1.29, 1.82) is 0 Å². The van der Waals surface area contributed by atoms with E-state index in [0.29, 0.717) is 6.61 Å². The van der Waals surface area contributed by atoms with Gasteiger partial charge in [-0.2, -0.15) is 0 Å². The average molecular weight is 152 g/mol. The number of rotatable bonds is 0. The second-order valence-corrected chi connectivity index (χ2v) is 2.93. The van der Waals surface area contributed by atoms with Gasteiger partial charge in [0.25, 0.3) is 0 Å². The maximum atomic E-state index is 5.28. The predicted octanol–water partition coefficient (Wildman–Crippen LogP) is 0.682. The third-order valence-corrected chi connectivity index (χ3v) is 1.96. The fraction of sp³-hybridized carbons (Fsp3) is 0.625. The Hall–Kier alpha value is -0.830. The minimum Gasteiger partial charge on any atom is -0.380 e. The van der Waals surface area contributed by atoms with Crippen LogP contribution in [0, 0.1) is 0 Å². The van der Waals surface area contributed by atoms with Crippen molar-refractivity contribution in [2.75, 3.05) is 19.8 Å². The van der Waals surface area contributed by atoms with Gasteiger partial charge in [0.1, 0.15) is 0 Å². The van der Waals surface area contributed by atoms with E-state index in [0.717, 1.165) is 19.6 Å². The molecule has 2 heterocycles. The van der Waals surface area contributed by atoms with Crippen LogP contribution in [0.25, 0.3) is 0 Å². The Balaban J connectivity index is 2.25. The Bertz CT molecular complexity index is 230. The zero-order chi connectivity index (χ0) is 7.68. The Labute approximate surface area is 66.2 Å². The largest absolute Gasteiger partial charge is 0.380 e. The van der Waals surface area contributed by atoms with Crippen LogP contribution in [0.1, 0.15) is 13.3 Å². The smallest absolute Gasteiger partial charge is 0.0881 e. The van der Waals surface area contributed by atoms with E-state index in [4.69, 9.17) is 4.74 Å². The summed E-state index contributed by atoms with van der Waals surface area (Å²) in [4.78, 5) is 4.46. The number of hydrogen-bond acceptors (Lipinski definition) is 3. The standard InChI is InChI=1S/C8H12N2O/c1-6-4-9-8-5-11-3-2-7(8)10-6/h9H,2-5H2,1H3. The summed E-state index contributed by atoms with van der Waals surface area (Å²) < 4.78 is 5.28. The predicted molar refractivity (Wildman–Crippen MR) is 43.6 cm³/mol. The van der Waals surface area contributed by atoms with E-state index in [9.17, 15) is 0 Å². The summed E-state index contributed by atoms with van der Waals surface area (Å²) >= 11 is 0. The molecule has 0 amide bonds. The van der Waals surface area contributed by atoms with Crippen LogP contribution in [-0.2, 0) is 4.74 Å². The Morgan fingerprint density at radius 1 is 1.55 bits per heavy atom. The SMILES string of the molecule is CC1=NC2=C(COCC2)NC1. The molecule has 0 spiro atoms. The summed E-state index contributed by atoms with van der Waals surface area (Å²) in [5.74, 6) is 0. The molecule has 0 radical (unpaired) electrons. The lowest BCUT2D eigenvalue weighted by Gasteiger charge is -2.23. The van der Waals surface area contributed by atoms with Crippen LogP contribution in [0.5, 0.6) is 0 Å². The van der Waals surface area contributed by atoms with E-state index >= 15 is 0 Å². The fourth-order valence-electron chi connectivity index (χ4n) is 1.36. The highest BCUT2D eigenvalue weighted by Gasteiger charge is 2.15. The molecule has 2 rings (SSSR count). The third kappa shape index (κ3) is 1.28. The molecular formula is C8H12N2O. The number of aliphatic imine (C=N–C) groups is 1. The molecular weight excluding hydrogens is 140 g/mol. The third-order valence-electron chi connectivity index (χ3n) is 1.96. The van der Waals surface area contributed by atoms with Gasteiger partial charge < -0.3 is 10.1 Å². The first-order chi connectivity index (χ1) is 5.36. The second-order valence-electron chi connectivity index (χ2n) is 2.93. The summed E-state index contributed by atoms with van der Waals surface area (Å²) in [6.07, 6.45) is 0.958. The molecule has 0 aromatic rings. The first-order valence-corrected chi connectivity index (χ1v) is 3.94. The zero-order valence-corrected chi connectivity index (χ0v) is 6.68. The van der Waals surface area contributed by atoms with E-state index in [2.05, 4.69) is 10.3 Å². The highest BCUT2D eigenvalue weighted by Crippen LogP contribution is 2.17. The van der Waals surface area contributed by atoms with Crippen molar-refractivity contribution in [1.82, 2.24) is 5.32 Å². The molecule has 3 nitrogen and oxygen atoms in total. The maximum absolute atomic E-state index is 5.28. The van der Waals surface area contributed by atoms with Crippen LogP contribution in [0.2, 0.25) is 0 Å². The van der Waals surface area contributed by atoms with Crippen molar-refractivity contribution in [3.63, 3.8) is 0 Å². The normalized spacial score (nSPS) is 23.9. The maximum Gasteiger partial charge on any atom is 0.0881 e. The number of nitrogens with one attached hydrogen (secondary N) is 1. The highest BCUT2D eigenvalue weighted by atomic mass is 16.5. The minimum atomic E-state index is 0.714. The minimum absolute atomic E-state index is 0.714. The molecule has 0 fully saturated rings. The van der Waals surface area contributed by atoms with E-state index < -0.39 is 0 Å². The van der Waals surface area contributed by atoms with Crippen LogP contribution in [0.4, 0.5) is 0 Å². The van der Waals surface area contributed by atoms with Gasteiger partial charge in [0.2, 0.25) is 0 Å². The van der Waals surface area contributed by atoms with Crippen LogP contribution in [-0.4, -0.2) is 25.5 Å². The zero-order valence-electron chi connectivity index (χ0n) is 6.68. The lowest BCUT2D eigenvalue weighted by Crippen LogP contribution is -2.31.